The van der Waals surface area contributed by atoms with Crippen molar-refractivity contribution in [1.29, 1.82) is 0 Å². The van der Waals surface area contributed by atoms with Gasteiger partial charge in [0.15, 0.2) is 11.6 Å². The number of rotatable bonds is 6. The van der Waals surface area contributed by atoms with Gasteiger partial charge in [0.2, 0.25) is 0 Å². The third-order valence-corrected chi connectivity index (χ3v) is 4.72. The molecule has 2 N–H and O–H groups in total. The second-order valence-corrected chi connectivity index (χ2v) is 7.37. The Bertz CT molecular complexity index is 815. The van der Waals surface area contributed by atoms with E-state index in [1.807, 2.05) is 0 Å². The van der Waals surface area contributed by atoms with Crippen LogP contribution in [0.15, 0.2) is 30.3 Å². The van der Waals surface area contributed by atoms with Gasteiger partial charge in [-0.05, 0) is 71.7 Å². The molecule has 2 aromatic carbocycles. The first-order valence-electron chi connectivity index (χ1n) is 7.60. The molecule has 3 rings (SSSR count). The summed E-state index contributed by atoms with van der Waals surface area (Å²) in [7, 11) is 0. The molecule has 0 aromatic heterocycles. The highest BCUT2D eigenvalue weighted by Gasteiger charge is 2.24. The maximum Gasteiger partial charge on any atom is 0.359 e. The number of carbonyl (C=O) groups excluding carboxylic acids is 1. The van der Waals surface area contributed by atoms with E-state index in [0.717, 1.165) is 22.5 Å². The van der Waals surface area contributed by atoms with E-state index in [1.54, 1.807) is 18.2 Å². The van der Waals surface area contributed by atoms with Crippen LogP contribution in [0.2, 0.25) is 5.02 Å². The van der Waals surface area contributed by atoms with Gasteiger partial charge in [-0.3, -0.25) is 0 Å². The van der Waals surface area contributed by atoms with Crippen LogP contribution in [-0.4, -0.2) is 12.5 Å². The molecule has 0 amide bonds. The van der Waals surface area contributed by atoms with Gasteiger partial charge in [-0.15, -0.1) is 0 Å². The maximum absolute atomic E-state index is 14.3. The van der Waals surface area contributed by atoms with Crippen LogP contribution in [0.1, 0.15) is 23.2 Å². The lowest BCUT2D eigenvalue weighted by molar-refractivity contribution is 0.0246. The second-order valence-electron chi connectivity index (χ2n) is 5.71. The highest BCUT2D eigenvalue weighted by atomic mass is 127. The number of anilines is 2. The smallest absolute Gasteiger partial charge is 0.359 e. The van der Waals surface area contributed by atoms with Crippen molar-refractivity contribution in [1.82, 2.24) is 5.48 Å². The second kappa shape index (κ2) is 7.84. The van der Waals surface area contributed by atoms with E-state index < -0.39 is 17.6 Å². The molecular formula is C17H14ClF2IN2O2. The largest absolute Gasteiger partial charge is 0.367 e. The third-order valence-electron chi connectivity index (χ3n) is 3.74. The zero-order valence-corrected chi connectivity index (χ0v) is 15.8. The summed E-state index contributed by atoms with van der Waals surface area (Å²) in [5.41, 5.74) is 2.48. The number of nitrogens with one attached hydrogen (secondary N) is 2. The van der Waals surface area contributed by atoms with Crippen molar-refractivity contribution in [2.75, 3.05) is 11.9 Å². The first-order valence-corrected chi connectivity index (χ1v) is 9.05. The molecule has 0 aliphatic heterocycles. The van der Waals surface area contributed by atoms with Crippen LogP contribution in [0.5, 0.6) is 0 Å². The van der Waals surface area contributed by atoms with Gasteiger partial charge in [0.1, 0.15) is 0 Å². The van der Waals surface area contributed by atoms with E-state index in [0.29, 0.717) is 23.2 Å². The maximum atomic E-state index is 14.3. The summed E-state index contributed by atoms with van der Waals surface area (Å²) in [5.74, 6) is -2.55. The highest BCUT2D eigenvalue weighted by Crippen LogP contribution is 2.32. The summed E-state index contributed by atoms with van der Waals surface area (Å²) in [6.45, 7) is 0.543. The molecule has 8 heteroatoms. The van der Waals surface area contributed by atoms with Crippen LogP contribution in [0.25, 0.3) is 0 Å². The molecule has 2 aromatic rings. The van der Waals surface area contributed by atoms with Crippen molar-refractivity contribution in [3.05, 3.63) is 56.1 Å². The minimum atomic E-state index is -1.17. The molecule has 1 aliphatic rings. The molecule has 0 saturated heterocycles. The molecule has 0 unspecified atom stereocenters. The molecule has 1 fully saturated rings. The van der Waals surface area contributed by atoms with Gasteiger partial charge in [-0.25, -0.2) is 13.6 Å². The van der Waals surface area contributed by atoms with Crippen LogP contribution in [0.3, 0.4) is 0 Å². The molecule has 0 radical (unpaired) electrons. The predicted molar refractivity (Wildman–Crippen MR) is 100.0 cm³/mol. The van der Waals surface area contributed by atoms with Gasteiger partial charge in [0.05, 0.1) is 22.0 Å². The average Bonchev–Trinajstić information content (AvgIpc) is 3.38. The first kappa shape index (κ1) is 18.3. The predicted octanol–water partition coefficient (Wildman–Crippen LogP) is 5.04. The Morgan fingerprint density at radius 3 is 2.72 bits per heavy atom. The van der Waals surface area contributed by atoms with Crippen LogP contribution in [0, 0.1) is 21.1 Å². The van der Waals surface area contributed by atoms with Gasteiger partial charge in [0, 0.05) is 10.1 Å². The van der Waals surface area contributed by atoms with Crippen molar-refractivity contribution in [3.8, 4) is 0 Å². The topological polar surface area (TPSA) is 50.4 Å². The first-order chi connectivity index (χ1) is 12.0. The van der Waals surface area contributed by atoms with Crippen molar-refractivity contribution < 1.29 is 18.4 Å². The van der Waals surface area contributed by atoms with Crippen molar-refractivity contribution in [2.24, 2.45) is 5.92 Å². The highest BCUT2D eigenvalue weighted by molar-refractivity contribution is 14.1. The average molecular weight is 479 g/mol. The van der Waals surface area contributed by atoms with Gasteiger partial charge in [-0.2, -0.15) is 5.48 Å². The number of hydrogen-bond donors (Lipinski definition) is 2. The van der Waals surface area contributed by atoms with E-state index >= 15 is 0 Å². The molecule has 132 valence electrons. The molecule has 1 saturated carbocycles. The summed E-state index contributed by atoms with van der Waals surface area (Å²) in [6.07, 6.45) is 2.18. The number of carbonyl (C=O) groups is 1. The summed E-state index contributed by atoms with van der Waals surface area (Å²) < 4.78 is 28.8. The molecule has 0 bridgehead atoms. The minimum absolute atomic E-state index is 0.128. The van der Waals surface area contributed by atoms with Crippen LogP contribution >= 0.6 is 34.2 Å². The van der Waals surface area contributed by atoms with E-state index in [1.165, 1.54) is 6.07 Å². The lowest BCUT2D eigenvalue weighted by Gasteiger charge is -2.14. The van der Waals surface area contributed by atoms with Crippen molar-refractivity contribution >= 4 is 51.5 Å². The Kier molecular flexibility index (Phi) is 5.75. The minimum Gasteiger partial charge on any atom is -0.367 e. The number of halogens is 4. The quantitative estimate of drug-likeness (QED) is 0.451. The zero-order valence-electron chi connectivity index (χ0n) is 12.9. The monoisotopic (exact) mass is 478 g/mol. The van der Waals surface area contributed by atoms with Gasteiger partial charge >= 0.3 is 5.97 Å². The van der Waals surface area contributed by atoms with E-state index in [2.05, 4.69) is 33.4 Å². The standard InChI is InChI=1S/C17H14ClF2IN2O2/c18-12-7-10(21)3-6-14(12)23-16-11(4-5-13(19)15(16)20)17(24)25-22-8-9-1-2-9/h3-7,9,22-23H,1-2,8H2. The van der Waals surface area contributed by atoms with Crippen molar-refractivity contribution in [3.63, 3.8) is 0 Å². The molecule has 0 spiro atoms. The Morgan fingerprint density at radius 2 is 2.04 bits per heavy atom. The zero-order chi connectivity index (χ0) is 18.0. The normalized spacial score (nSPS) is 13.6. The lowest BCUT2D eigenvalue weighted by atomic mass is 10.1. The molecule has 0 heterocycles. The van der Waals surface area contributed by atoms with Gasteiger partial charge in [-0.1, -0.05) is 11.6 Å². The lowest BCUT2D eigenvalue weighted by Crippen LogP contribution is -2.23. The fourth-order valence-electron chi connectivity index (χ4n) is 2.17. The van der Waals surface area contributed by atoms with Crippen molar-refractivity contribution in [2.45, 2.75) is 12.8 Å². The SMILES string of the molecule is O=C(ONCC1CC1)c1ccc(F)c(F)c1Nc1ccc(I)cc1Cl. The number of hydroxylamine groups is 1. The molecule has 4 nitrogen and oxygen atoms in total. The molecule has 0 atom stereocenters. The van der Waals surface area contributed by atoms with E-state index in [4.69, 9.17) is 16.4 Å². The number of hydrogen-bond acceptors (Lipinski definition) is 4. The Morgan fingerprint density at radius 1 is 1.28 bits per heavy atom. The Labute approximate surface area is 162 Å². The van der Waals surface area contributed by atoms with E-state index in [-0.39, 0.29) is 11.3 Å². The summed E-state index contributed by atoms with van der Waals surface area (Å²) >= 11 is 8.20. The summed E-state index contributed by atoms with van der Waals surface area (Å²) in [4.78, 5) is 17.2. The van der Waals surface area contributed by atoms with Gasteiger partial charge in [0.25, 0.3) is 0 Å². The summed E-state index contributed by atoms with van der Waals surface area (Å²) in [5, 5.41) is 3.01. The molecular weight excluding hydrogens is 465 g/mol. The Hall–Kier alpha value is -1.45. The molecule has 25 heavy (non-hydrogen) atoms. The third kappa shape index (κ3) is 4.59. The van der Waals surface area contributed by atoms with Crippen LogP contribution in [-0.2, 0) is 4.84 Å². The van der Waals surface area contributed by atoms with Crippen LogP contribution < -0.4 is 10.8 Å². The van der Waals surface area contributed by atoms with Crippen LogP contribution in [0.4, 0.5) is 20.2 Å². The number of benzene rings is 2. The molecule has 1 aliphatic carbocycles. The summed E-state index contributed by atoms with van der Waals surface area (Å²) in [6, 6.07) is 7.09. The van der Waals surface area contributed by atoms with Gasteiger partial charge < -0.3 is 10.2 Å². The Balaban J connectivity index is 1.85. The van der Waals surface area contributed by atoms with E-state index in [9.17, 15) is 13.6 Å². The fourth-order valence-corrected chi connectivity index (χ4v) is 3.07. The fraction of sp³-hybridized carbons (Fsp3) is 0.235.